The number of carbonyl (C=O) groups excluding carboxylic acids is 1. The lowest BCUT2D eigenvalue weighted by Gasteiger charge is -2.20. The molecule has 0 aliphatic heterocycles. The van der Waals surface area contributed by atoms with Crippen molar-refractivity contribution in [3.8, 4) is 0 Å². The van der Waals surface area contributed by atoms with Crippen LogP contribution in [0.4, 0.5) is 0 Å². The van der Waals surface area contributed by atoms with Crippen LogP contribution in [0, 0.1) is 0 Å². The highest BCUT2D eigenvalue weighted by molar-refractivity contribution is 7.47. The van der Waals surface area contributed by atoms with Crippen LogP contribution in [0.1, 0.15) is 219 Å². The molecule has 2 atom stereocenters. The Morgan fingerprint density at radius 1 is 0.456 bits per heavy atom. The van der Waals surface area contributed by atoms with E-state index in [9.17, 15) is 14.3 Å². The molecule has 68 heavy (non-hydrogen) atoms. The fraction of sp³-hybridized carbons (Fsp3) is 0.678. The van der Waals surface area contributed by atoms with E-state index in [1.165, 1.54) is 122 Å². The maximum absolute atomic E-state index is 12.7. The average molecular weight is 968 g/mol. The summed E-state index contributed by atoms with van der Waals surface area (Å²) >= 11 is 0. The highest BCUT2D eigenvalue weighted by Gasteiger charge is 2.25. The van der Waals surface area contributed by atoms with Gasteiger partial charge in [-0.2, -0.15) is 0 Å². The summed E-state index contributed by atoms with van der Waals surface area (Å²) in [6.45, 7) is 4.72. The molecule has 0 aromatic carbocycles. The molecule has 2 unspecified atom stereocenters. The lowest BCUT2D eigenvalue weighted by atomic mass is 10.0. The number of nitrogens with two attached hydrogens (primary N) is 1. The zero-order chi connectivity index (χ0) is 49.4. The van der Waals surface area contributed by atoms with Crippen molar-refractivity contribution < 1.29 is 32.8 Å². The summed E-state index contributed by atoms with van der Waals surface area (Å²) in [5.41, 5.74) is 5.39. The summed E-state index contributed by atoms with van der Waals surface area (Å²) < 4.78 is 33.6. The van der Waals surface area contributed by atoms with Crippen molar-refractivity contribution in [2.75, 3.05) is 33.0 Å². The Bertz CT molecular complexity index is 1410. The predicted octanol–water partition coefficient (Wildman–Crippen LogP) is 17.5. The molecule has 0 aromatic rings. The van der Waals surface area contributed by atoms with Gasteiger partial charge in [0, 0.05) is 19.6 Å². The summed E-state index contributed by atoms with van der Waals surface area (Å²) in [5.74, 6) is -0.389. The third kappa shape index (κ3) is 54.1. The summed E-state index contributed by atoms with van der Waals surface area (Å²) in [7, 11) is -4.31. The molecule has 0 bridgehead atoms. The normalized spacial score (nSPS) is 14.1. The third-order valence-electron chi connectivity index (χ3n) is 11.2. The predicted molar refractivity (Wildman–Crippen MR) is 293 cm³/mol. The molecule has 0 rings (SSSR count). The lowest BCUT2D eigenvalue weighted by molar-refractivity contribution is -0.154. The van der Waals surface area contributed by atoms with E-state index in [1.54, 1.807) is 0 Å². The minimum absolute atomic E-state index is 0.0856. The van der Waals surface area contributed by atoms with Gasteiger partial charge in [0.05, 0.1) is 19.8 Å². The molecule has 0 aromatic heterocycles. The van der Waals surface area contributed by atoms with Gasteiger partial charge in [-0.3, -0.25) is 13.8 Å². The minimum Gasteiger partial charge on any atom is -0.457 e. The molecule has 0 aliphatic carbocycles. The van der Waals surface area contributed by atoms with Crippen molar-refractivity contribution in [1.29, 1.82) is 0 Å². The van der Waals surface area contributed by atoms with Crippen LogP contribution in [0.25, 0.3) is 0 Å². The molecular weight excluding hydrogens is 866 g/mol. The molecule has 0 radical (unpaired) electrons. The molecule has 0 amide bonds. The molecule has 0 saturated carbocycles. The number of carbonyl (C=O) groups is 1. The first-order valence-corrected chi connectivity index (χ1v) is 28.9. The van der Waals surface area contributed by atoms with Crippen LogP contribution in [0.5, 0.6) is 0 Å². The summed E-state index contributed by atoms with van der Waals surface area (Å²) in [6, 6.07) is 0. The van der Waals surface area contributed by atoms with Gasteiger partial charge in [0.2, 0.25) is 0 Å². The first-order valence-electron chi connectivity index (χ1n) is 27.4. The number of hydrogen-bond donors (Lipinski definition) is 2. The SMILES string of the molecule is CC/C=C\C/C=C\C/C=C\C/C=C\C/C=C\C/C=C\C/C=C\CCCC(=O)OC(COCCCCCCCCCCCCCCCC/C=C\C/C=C\CCCCCCC)COP(=O)(O)OCCN. The quantitative estimate of drug-likeness (QED) is 0.0268. The second-order valence-corrected chi connectivity index (χ2v) is 19.2. The topological polar surface area (TPSA) is 117 Å². The van der Waals surface area contributed by atoms with Gasteiger partial charge in [0.15, 0.2) is 0 Å². The summed E-state index contributed by atoms with van der Waals surface area (Å²) in [5, 5.41) is 0. The Kier molecular flexibility index (Phi) is 52.8. The second-order valence-electron chi connectivity index (χ2n) is 17.7. The number of rotatable bonds is 51. The van der Waals surface area contributed by atoms with Gasteiger partial charge in [0.25, 0.3) is 0 Å². The van der Waals surface area contributed by atoms with Gasteiger partial charge in [-0.15, -0.1) is 0 Å². The van der Waals surface area contributed by atoms with E-state index in [0.717, 1.165) is 70.6 Å². The molecule has 3 N–H and O–H groups in total. The first-order chi connectivity index (χ1) is 33.4. The monoisotopic (exact) mass is 968 g/mol. The fourth-order valence-corrected chi connectivity index (χ4v) is 7.96. The van der Waals surface area contributed by atoms with Crippen LogP contribution in [0.2, 0.25) is 0 Å². The second kappa shape index (κ2) is 55.1. The summed E-state index contributed by atoms with van der Waals surface area (Å²) in [6.07, 6.45) is 75.7. The Morgan fingerprint density at radius 2 is 0.824 bits per heavy atom. The van der Waals surface area contributed by atoms with E-state index in [0.29, 0.717) is 13.0 Å². The maximum Gasteiger partial charge on any atom is 0.472 e. The maximum atomic E-state index is 12.7. The van der Waals surface area contributed by atoms with E-state index in [4.69, 9.17) is 24.3 Å². The molecule has 8 nitrogen and oxygen atoms in total. The highest BCUT2D eigenvalue weighted by Crippen LogP contribution is 2.43. The van der Waals surface area contributed by atoms with Crippen LogP contribution in [0.15, 0.2) is 109 Å². The zero-order valence-electron chi connectivity index (χ0n) is 43.6. The van der Waals surface area contributed by atoms with Gasteiger partial charge in [-0.25, -0.2) is 4.57 Å². The molecule has 390 valence electrons. The van der Waals surface area contributed by atoms with Crippen molar-refractivity contribution >= 4 is 13.8 Å². The van der Waals surface area contributed by atoms with Crippen molar-refractivity contribution in [3.05, 3.63) is 109 Å². The number of hydrogen-bond acceptors (Lipinski definition) is 7. The van der Waals surface area contributed by atoms with Crippen LogP contribution in [0.3, 0.4) is 0 Å². The van der Waals surface area contributed by atoms with E-state index in [2.05, 4.69) is 123 Å². The Labute approximate surface area is 418 Å². The highest BCUT2D eigenvalue weighted by atomic mass is 31.2. The number of unbranched alkanes of at least 4 members (excludes halogenated alkanes) is 20. The third-order valence-corrected chi connectivity index (χ3v) is 12.2. The minimum atomic E-state index is -4.31. The molecule has 0 spiro atoms. The van der Waals surface area contributed by atoms with Gasteiger partial charge in [-0.05, 0) is 96.3 Å². The Hall–Kier alpha value is -2.84. The number of phosphoric acid groups is 1. The number of esters is 1. The Morgan fingerprint density at radius 3 is 1.24 bits per heavy atom. The van der Waals surface area contributed by atoms with Gasteiger partial charge in [-0.1, -0.05) is 226 Å². The lowest BCUT2D eigenvalue weighted by Crippen LogP contribution is -2.28. The Balaban J connectivity index is 4.02. The van der Waals surface area contributed by atoms with Crippen LogP contribution < -0.4 is 5.73 Å². The van der Waals surface area contributed by atoms with Crippen LogP contribution in [-0.2, 0) is 27.9 Å². The summed E-state index contributed by atoms with van der Waals surface area (Å²) in [4.78, 5) is 22.6. The number of ether oxygens (including phenoxy) is 2. The number of allylic oxidation sites excluding steroid dienone is 18. The molecule has 0 saturated heterocycles. The van der Waals surface area contributed by atoms with Gasteiger partial charge >= 0.3 is 13.8 Å². The van der Waals surface area contributed by atoms with Crippen LogP contribution in [-0.4, -0.2) is 49.9 Å². The zero-order valence-corrected chi connectivity index (χ0v) is 44.4. The van der Waals surface area contributed by atoms with Crippen molar-refractivity contribution in [2.24, 2.45) is 5.73 Å². The van der Waals surface area contributed by atoms with E-state index in [1.807, 2.05) is 0 Å². The first kappa shape index (κ1) is 65.2. The molecule has 0 aliphatic rings. The van der Waals surface area contributed by atoms with Gasteiger partial charge in [0.1, 0.15) is 6.10 Å². The van der Waals surface area contributed by atoms with E-state index < -0.39 is 13.9 Å². The standard InChI is InChI=1S/C59H102NO7P/c1-3-5-7-9-11-13-15-17-19-21-23-25-27-28-29-31-33-35-37-39-41-43-45-47-49-51-54-64-56-58(57-66-68(62,63)65-55-53-60)67-59(61)52-50-48-46-44-42-40-38-36-34-32-30-26-24-22-20-18-16-14-12-10-8-6-4-2/h6,8,12,14-15,17-18,20-21,23-24,26,32,34,38,40,44,46,58H,3-5,7,9-11,13,16,19,22,25,27-31,33,35-37,39,41-43,45,47-57,60H2,1-2H3,(H,62,63)/b8-6-,14-12-,17-15-,20-18-,23-21-,26-24-,34-32-,40-38-,46-44-. The molecule has 0 heterocycles. The average Bonchev–Trinajstić information content (AvgIpc) is 3.33. The fourth-order valence-electron chi connectivity index (χ4n) is 7.19. The molecule has 0 fully saturated rings. The van der Waals surface area contributed by atoms with Crippen molar-refractivity contribution in [2.45, 2.75) is 225 Å². The van der Waals surface area contributed by atoms with E-state index >= 15 is 0 Å². The van der Waals surface area contributed by atoms with Crippen molar-refractivity contribution in [3.63, 3.8) is 0 Å². The molecule has 9 heteroatoms. The van der Waals surface area contributed by atoms with Gasteiger partial charge < -0.3 is 20.1 Å². The smallest absolute Gasteiger partial charge is 0.457 e. The van der Waals surface area contributed by atoms with Crippen molar-refractivity contribution in [1.82, 2.24) is 0 Å². The largest absolute Gasteiger partial charge is 0.472 e. The number of phosphoric ester groups is 1. The van der Waals surface area contributed by atoms with Crippen LogP contribution >= 0.6 is 7.82 Å². The van der Waals surface area contributed by atoms with E-state index in [-0.39, 0.29) is 38.8 Å². The molecular formula is C59H102NO7P.